The molecule has 0 aliphatic carbocycles. The molecule has 3 amide bonds. The van der Waals surface area contributed by atoms with Crippen molar-refractivity contribution in [2.75, 3.05) is 27.2 Å². The van der Waals surface area contributed by atoms with Gasteiger partial charge in [-0.05, 0) is 5.56 Å². The smallest absolute Gasteiger partial charge is 0.253 e. The standard InChI is InChI=1S/C16H21N3O4/c1-17-12(20)8-9-19(2)16(22)15-14(18-13(21)10-23-15)11-6-4-3-5-7-11/h3-7,14-15H,8-10H2,1-2H3,(H,17,20)(H,18,21)/t14-,15+/m1/s1. The predicted octanol–water partition coefficient (Wildman–Crippen LogP) is -0.163. The number of carbonyl (C=O) groups is 3. The minimum atomic E-state index is -0.801. The third kappa shape index (κ3) is 4.29. The molecule has 1 aliphatic rings. The fourth-order valence-electron chi connectivity index (χ4n) is 2.41. The van der Waals surface area contributed by atoms with Gasteiger partial charge in [-0.25, -0.2) is 0 Å². The Hall–Kier alpha value is -2.41. The lowest BCUT2D eigenvalue weighted by Gasteiger charge is -2.34. The largest absolute Gasteiger partial charge is 0.359 e. The first-order chi connectivity index (χ1) is 11.0. The van der Waals surface area contributed by atoms with Gasteiger partial charge in [0.15, 0.2) is 6.10 Å². The molecule has 1 heterocycles. The van der Waals surface area contributed by atoms with E-state index in [1.54, 1.807) is 14.1 Å². The van der Waals surface area contributed by atoms with E-state index in [0.29, 0.717) is 0 Å². The predicted molar refractivity (Wildman–Crippen MR) is 83.4 cm³/mol. The number of benzene rings is 1. The molecular formula is C16H21N3O4. The van der Waals surface area contributed by atoms with Crippen LogP contribution < -0.4 is 10.6 Å². The molecule has 2 rings (SSSR count). The molecule has 1 aromatic rings. The summed E-state index contributed by atoms with van der Waals surface area (Å²) in [6.07, 6.45) is -0.585. The molecule has 124 valence electrons. The maximum absolute atomic E-state index is 12.6. The van der Waals surface area contributed by atoms with Crippen molar-refractivity contribution in [2.45, 2.75) is 18.6 Å². The number of morpholine rings is 1. The number of rotatable bonds is 5. The molecule has 1 saturated heterocycles. The highest BCUT2D eigenvalue weighted by atomic mass is 16.5. The molecule has 0 bridgehead atoms. The van der Waals surface area contributed by atoms with Crippen LogP contribution in [0.3, 0.4) is 0 Å². The van der Waals surface area contributed by atoms with Crippen molar-refractivity contribution in [1.82, 2.24) is 15.5 Å². The van der Waals surface area contributed by atoms with Crippen molar-refractivity contribution in [1.29, 1.82) is 0 Å². The summed E-state index contributed by atoms with van der Waals surface area (Å²) in [5.41, 5.74) is 0.804. The number of hydrogen-bond acceptors (Lipinski definition) is 4. The van der Waals surface area contributed by atoms with Crippen LogP contribution >= 0.6 is 0 Å². The normalized spacial score (nSPS) is 20.5. The fraction of sp³-hybridized carbons (Fsp3) is 0.438. The molecule has 0 spiro atoms. The van der Waals surface area contributed by atoms with Gasteiger partial charge in [0.2, 0.25) is 11.8 Å². The molecular weight excluding hydrogens is 298 g/mol. The van der Waals surface area contributed by atoms with Crippen LogP contribution in [-0.2, 0) is 19.1 Å². The quantitative estimate of drug-likeness (QED) is 0.789. The van der Waals surface area contributed by atoms with E-state index in [0.717, 1.165) is 5.56 Å². The van der Waals surface area contributed by atoms with Gasteiger partial charge in [0, 0.05) is 27.1 Å². The zero-order valence-corrected chi connectivity index (χ0v) is 13.2. The van der Waals surface area contributed by atoms with E-state index >= 15 is 0 Å². The van der Waals surface area contributed by atoms with Crippen LogP contribution in [0.4, 0.5) is 0 Å². The second-order valence-electron chi connectivity index (χ2n) is 5.37. The highest BCUT2D eigenvalue weighted by Crippen LogP contribution is 2.23. The maximum atomic E-state index is 12.6. The molecule has 2 N–H and O–H groups in total. The van der Waals surface area contributed by atoms with Crippen LogP contribution in [-0.4, -0.2) is 56.0 Å². The number of hydrogen-bond donors (Lipinski definition) is 2. The SMILES string of the molecule is CNC(=O)CCN(C)C(=O)[C@H]1OCC(=O)N[C@@H]1c1ccccc1. The number of carbonyl (C=O) groups excluding carboxylic acids is 3. The average Bonchev–Trinajstić information content (AvgIpc) is 2.59. The Bertz CT molecular complexity index is 576. The molecule has 23 heavy (non-hydrogen) atoms. The van der Waals surface area contributed by atoms with Crippen molar-refractivity contribution in [3.8, 4) is 0 Å². The van der Waals surface area contributed by atoms with E-state index in [2.05, 4.69) is 10.6 Å². The molecule has 7 nitrogen and oxygen atoms in total. The second kappa shape index (κ2) is 7.73. The van der Waals surface area contributed by atoms with Crippen LogP contribution in [0.5, 0.6) is 0 Å². The van der Waals surface area contributed by atoms with Gasteiger partial charge in [0.25, 0.3) is 5.91 Å². The molecule has 1 aliphatic heterocycles. The molecule has 7 heteroatoms. The van der Waals surface area contributed by atoms with Gasteiger partial charge >= 0.3 is 0 Å². The first-order valence-corrected chi connectivity index (χ1v) is 7.44. The summed E-state index contributed by atoms with van der Waals surface area (Å²) < 4.78 is 5.47. The monoisotopic (exact) mass is 319 g/mol. The van der Waals surface area contributed by atoms with Gasteiger partial charge in [0.05, 0.1) is 6.04 Å². The average molecular weight is 319 g/mol. The van der Waals surface area contributed by atoms with Gasteiger partial charge in [-0.3, -0.25) is 14.4 Å². The minimum Gasteiger partial charge on any atom is -0.359 e. The first-order valence-electron chi connectivity index (χ1n) is 7.44. The summed E-state index contributed by atoms with van der Waals surface area (Å²) in [6.45, 7) is 0.136. The topological polar surface area (TPSA) is 87.7 Å². The maximum Gasteiger partial charge on any atom is 0.253 e. The molecule has 0 unspecified atom stereocenters. The zero-order chi connectivity index (χ0) is 16.8. The lowest BCUT2D eigenvalue weighted by Crippen LogP contribution is -2.53. The summed E-state index contributed by atoms with van der Waals surface area (Å²) in [5, 5.41) is 5.32. The van der Waals surface area contributed by atoms with E-state index in [1.165, 1.54) is 4.90 Å². The van der Waals surface area contributed by atoms with Crippen LogP contribution in [0.2, 0.25) is 0 Å². The Labute approximate surface area is 135 Å². The van der Waals surface area contributed by atoms with Crippen LogP contribution in [0.25, 0.3) is 0 Å². The third-order valence-electron chi connectivity index (χ3n) is 3.74. The highest BCUT2D eigenvalue weighted by molar-refractivity contribution is 5.86. The fourth-order valence-corrected chi connectivity index (χ4v) is 2.41. The third-order valence-corrected chi connectivity index (χ3v) is 3.74. The Morgan fingerprint density at radius 1 is 1.35 bits per heavy atom. The Balaban J connectivity index is 2.09. The Morgan fingerprint density at radius 2 is 2.04 bits per heavy atom. The van der Waals surface area contributed by atoms with Gasteiger partial charge < -0.3 is 20.3 Å². The lowest BCUT2D eigenvalue weighted by molar-refractivity contribution is -0.154. The van der Waals surface area contributed by atoms with Crippen molar-refractivity contribution in [3.63, 3.8) is 0 Å². The lowest BCUT2D eigenvalue weighted by atomic mass is 9.99. The minimum absolute atomic E-state index is 0.137. The number of likely N-dealkylation sites (N-methyl/N-ethyl adjacent to an activating group) is 1. The summed E-state index contributed by atoms with van der Waals surface area (Å²) >= 11 is 0. The van der Waals surface area contributed by atoms with Gasteiger partial charge in [0.1, 0.15) is 6.61 Å². The molecule has 0 saturated carbocycles. The number of nitrogens with zero attached hydrogens (tertiary/aromatic N) is 1. The summed E-state index contributed by atoms with van der Waals surface area (Å²) in [7, 11) is 3.17. The van der Waals surface area contributed by atoms with Gasteiger partial charge in [-0.1, -0.05) is 30.3 Å². The van der Waals surface area contributed by atoms with Crippen LogP contribution in [0, 0.1) is 0 Å². The van der Waals surface area contributed by atoms with E-state index in [4.69, 9.17) is 4.74 Å². The van der Waals surface area contributed by atoms with Gasteiger partial charge in [-0.2, -0.15) is 0 Å². The molecule has 2 atom stereocenters. The summed E-state index contributed by atoms with van der Waals surface area (Å²) in [5.74, 6) is -0.652. The van der Waals surface area contributed by atoms with Crippen molar-refractivity contribution in [3.05, 3.63) is 35.9 Å². The first kappa shape index (κ1) is 17.0. The molecule has 0 radical (unpaired) electrons. The van der Waals surface area contributed by atoms with Crippen LogP contribution in [0.15, 0.2) is 30.3 Å². The number of nitrogens with one attached hydrogen (secondary N) is 2. The van der Waals surface area contributed by atoms with E-state index in [-0.39, 0.29) is 37.3 Å². The Morgan fingerprint density at radius 3 is 2.70 bits per heavy atom. The number of ether oxygens (including phenoxy) is 1. The highest BCUT2D eigenvalue weighted by Gasteiger charge is 2.37. The zero-order valence-electron chi connectivity index (χ0n) is 13.2. The number of amides is 3. The van der Waals surface area contributed by atoms with Gasteiger partial charge in [-0.15, -0.1) is 0 Å². The summed E-state index contributed by atoms with van der Waals surface area (Å²) in [4.78, 5) is 37.0. The molecule has 1 fully saturated rings. The molecule has 0 aromatic heterocycles. The summed E-state index contributed by atoms with van der Waals surface area (Å²) in [6, 6.07) is 8.68. The van der Waals surface area contributed by atoms with Crippen molar-refractivity contribution in [2.24, 2.45) is 0 Å². The molecule has 1 aromatic carbocycles. The van der Waals surface area contributed by atoms with Crippen molar-refractivity contribution >= 4 is 17.7 Å². The van der Waals surface area contributed by atoms with Crippen LogP contribution in [0.1, 0.15) is 18.0 Å². The van der Waals surface area contributed by atoms with E-state index in [1.807, 2.05) is 30.3 Å². The second-order valence-corrected chi connectivity index (χ2v) is 5.37. The van der Waals surface area contributed by atoms with E-state index in [9.17, 15) is 14.4 Å². The Kier molecular flexibility index (Phi) is 5.70. The van der Waals surface area contributed by atoms with E-state index < -0.39 is 12.1 Å². The van der Waals surface area contributed by atoms with Crippen molar-refractivity contribution < 1.29 is 19.1 Å².